The van der Waals surface area contributed by atoms with Crippen molar-refractivity contribution < 1.29 is 80.5 Å². The normalized spacial score (nSPS) is 29.1. The highest BCUT2D eigenvalue weighted by atomic mass is 16.8. The van der Waals surface area contributed by atoms with Crippen LogP contribution in [0.25, 0.3) is 0 Å². The SMILES string of the molecule is CCCCOCC1OC(OC2C(OCCCC)C(COCCCC)OC(OC3CCOC(COCCCC)C3OC3OC=C(OCCCC)C(OCCCC)C3OCCCC)C2OCCCC)C(OCCCC)C=C1OCCCC. The number of rotatable bonds is 49. The van der Waals surface area contributed by atoms with Gasteiger partial charge in [-0.2, -0.15) is 0 Å². The summed E-state index contributed by atoms with van der Waals surface area (Å²) in [5.74, 6) is 1.30. The molecule has 0 saturated carbocycles. The van der Waals surface area contributed by atoms with Crippen LogP contribution >= 0.6 is 0 Å². The molecule has 4 aliphatic heterocycles. The molecule has 470 valence electrons. The van der Waals surface area contributed by atoms with E-state index in [1.807, 2.05) is 6.08 Å². The van der Waals surface area contributed by atoms with Gasteiger partial charge in [-0.05, 0) is 76.7 Å². The lowest BCUT2D eigenvalue weighted by atomic mass is 9.96. The highest BCUT2D eigenvalue weighted by molar-refractivity contribution is 5.10. The third kappa shape index (κ3) is 25.5. The summed E-state index contributed by atoms with van der Waals surface area (Å²) in [6, 6.07) is 0. The highest BCUT2D eigenvalue weighted by Crippen LogP contribution is 2.37. The Morgan fingerprint density at radius 3 is 1.46 bits per heavy atom. The minimum Gasteiger partial charge on any atom is -0.495 e. The van der Waals surface area contributed by atoms with Crippen molar-refractivity contribution in [2.24, 2.45) is 0 Å². The summed E-state index contributed by atoms with van der Waals surface area (Å²) in [4.78, 5) is 0. The van der Waals surface area contributed by atoms with E-state index in [1.54, 1.807) is 6.26 Å². The van der Waals surface area contributed by atoms with Crippen molar-refractivity contribution in [3.63, 3.8) is 0 Å². The second-order valence-corrected chi connectivity index (χ2v) is 21.8. The predicted octanol–water partition coefficient (Wildman–Crippen LogP) is 12.5. The van der Waals surface area contributed by atoms with Crippen LogP contribution in [0, 0.1) is 0 Å². The summed E-state index contributed by atoms with van der Waals surface area (Å²) in [5.41, 5.74) is 0. The van der Waals surface area contributed by atoms with E-state index < -0.39 is 86.0 Å². The Balaban J connectivity index is 1.85. The van der Waals surface area contributed by atoms with Gasteiger partial charge in [-0.25, -0.2) is 0 Å². The molecule has 80 heavy (non-hydrogen) atoms. The molecule has 4 heterocycles. The maximum atomic E-state index is 7.46. The van der Waals surface area contributed by atoms with E-state index in [2.05, 4.69) is 69.2 Å². The molecule has 0 aromatic carbocycles. The largest absolute Gasteiger partial charge is 0.495 e. The fourth-order valence-corrected chi connectivity index (χ4v) is 9.55. The fourth-order valence-electron chi connectivity index (χ4n) is 9.55. The van der Waals surface area contributed by atoms with Crippen molar-refractivity contribution in [1.29, 1.82) is 0 Å². The lowest BCUT2D eigenvalue weighted by Crippen LogP contribution is -2.65. The molecule has 0 radical (unpaired) electrons. The third-order valence-electron chi connectivity index (χ3n) is 14.6. The van der Waals surface area contributed by atoms with Crippen molar-refractivity contribution in [3.8, 4) is 0 Å². The van der Waals surface area contributed by atoms with Crippen molar-refractivity contribution in [2.45, 2.75) is 290 Å². The Hall–Kier alpha value is -1.68. The molecule has 14 atom stereocenters. The summed E-state index contributed by atoms with van der Waals surface area (Å²) >= 11 is 0. The van der Waals surface area contributed by atoms with Crippen LogP contribution in [0.2, 0.25) is 0 Å². The predicted molar refractivity (Wildman–Crippen MR) is 309 cm³/mol. The minimum atomic E-state index is -0.981. The molecule has 0 N–H and O–H groups in total. The minimum absolute atomic E-state index is 0.242. The zero-order valence-electron chi connectivity index (χ0n) is 51.9. The molecular formula is C63H116O17. The van der Waals surface area contributed by atoms with E-state index in [0.717, 1.165) is 128 Å². The number of hydrogen-bond donors (Lipinski definition) is 0. The Morgan fingerprint density at radius 1 is 0.400 bits per heavy atom. The van der Waals surface area contributed by atoms with Gasteiger partial charge in [0.25, 0.3) is 0 Å². The zero-order valence-corrected chi connectivity index (χ0v) is 51.9. The molecule has 2 saturated heterocycles. The lowest BCUT2D eigenvalue weighted by Gasteiger charge is -2.49. The van der Waals surface area contributed by atoms with E-state index >= 15 is 0 Å². The molecule has 0 aliphatic carbocycles. The van der Waals surface area contributed by atoms with Gasteiger partial charge in [0.15, 0.2) is 24.4 Å². The van der Waals surface area contributed by atoms with Crippen LogP contribution in [0.1, 0.15) is 204 Å². The lowest BCUT2D eigenvalue weighted by molar-refractivity contribution is -0.369. The third-order valence-corrected chi connectivity index (χ3v) is 14.6. The standard InChI is InChI=1S/C63H116O17/c1-11-21-32-64-44-51-49(67-35-24-14-4)43-50(68-36-25-15-5)61(77-51)80-58-57(72-39-28-18-8)54(46-66-34-23-13-3)78-63(60(58)74-41-30-20-10)76-48-31-42-70-52(45-65-33-22-12-2)55(48)79-62-59(73-40-29-19-9)56(71-38-27-17-7)53(47-75-62)69-37-26-16-6/h43,47-48,50-52,54-63H,11-42,44-46H2,1-10H3. The van der Waals surface area contributed by atoms with E-state index in [0.29, 0.717) is 97.2 Å². The van der Waals surface area contributed by atoms with Gasteiger partial charge in [-0.1, -0.05) is 133 Å². The van der Waals surface area contributed by atoms with Crippen molar-refractivity contribution in [1.82, 2.24) is 0 Å². The molecule has 4 rings (SSSR count). The molecular weight excluding hydrogens is 1030 g/mol. The monoisotopic (exact) mass is 1140 g/mol. The molecule has 17 nitrogen and oxygen atoms in total. The van der Waals surface area contributed by atoms with Crippen LogP contribution in [0.3, 0.4) is 0 Å². The highest BCUT2D eigenvalue weighted by Gasteiger charge is 2.54. The maximum Gasteiger partial charge on any atom is 0.229 e. The van der Waals surface area contributed by atoms with Crippen LogP contribution < -0.4 is 0 Å². The second-order valence-electron chi connectivity index (χ2n) is 21.8. The van der Waals surface area contributed by atoms with Gasteiger partial charge in [-0.15, -0.1) is 0 Å². The van der Waals surface area contributed by atoms with Crippen LogP contribution in [0.4, 0.5) is 0 Å². The molecule has 0 amide bonds. The Labute approximate surface area is 485 Å². The number of ether oxygens (including phenoxy) is 17. The molecule has 2 fully saturated rings. The zero-order chi connectivity index (χ0) is 57.4. The van der Waals surface area contributed by atoms with E-state index in [-0.39, 0.29) is 13.2 Å². The van der Waals surface area contributed by atoms with Crippen LogP contribution in [-0.4, -0.2) is 179 Å². The van der Waals surface area contributed by atoms with Gasteiger partial charge in [0.2, 0.25) is 6.29 Å². The number of hydrogen-bond acceptors (Lipinski definition) is 17. The maximum absolute atomic E-state index is 7.46. The summed E-state index contributed by atoms with van der Waals surface area (Å²) < 4.78 is 116. The molecule has 14 unspecified atom stereocenters. The van der Waals surface area contributed by atoms with Crippen LogP contribution in [0.5, 0.6) is 0 Å². The first-order chi connectivity index (χ1) is 39.4. The van der Waals surface area contributed by atoms with Gasteiger partial charge in [-0.3, -0.25) is 0 Å². The molecule has 0 bridgehead atoms. The van der Waals surface area contributed by atoms with Crippen molar-refractivity contribution in [2.75, 3.05) is 92.5 Å². The van der Waals surface area contributed by atoms with Crippen LogP contribution in [-0.2, 0) is 80.5 Å². The van der Waals surface area contributed by atoms with Gasteiger partial charge in [0.05, 0.1) is 39.1 Å². The molecule has 0 spiro atoms. The van der Waals surface area contributed by atoms with Crippen LogP contribution in [0.15, 0.2) is 23.9 Å². The fraction of sp³-hybridized carbons (Fsp3) is 0.937. The second kappa shape index (κ2) is 44.8. The van der Waals surface area contributed by atoms with Gasteiger partial charge >= 0.3 is 0 Å². The smallest absolute Gasteiger partial charge is 0.229 e. The Kier molecular flexibility index (Phi) is 39.6. The summed E-state index contributed by atoms with van der Waals surface area (Å²) in [7, 11) is 0. The first-order valence-corrected chi connectivity index (χ1v) is 32.4. The van der Waals surface area contributed by atoms with E-state index in [4.69, 9.17) is 80.5 Å². The number of unbranched alkanes of at least 4 members (excludes halogenated alkanes) is 10. The average Bonchev–Trinajstić information content (AvgIpc) is 3.56. The first-order valence-electron chi connectivity index (χ1n) is 32.4. The summed E-state index contributed by atoms with van der Waals surface area (Å²) in [6.45, 7) is 28.1. The average molecular weight is 1150 g/mol. The van der Waals surface area contributed by atoms with Crippen molar-refractivity contribution >= 4 is 0 Å². The topological polar surface area (TPSA) is 157 Å². The van der Waals surface area contributed by atoms with Crippen molar-refractivity contribution in [3.05, 3.63) is 23.9 Å². The summed E-state index contributed by atoms with van der Waals surface area (Å²) in [6.07, 6.45) is 13.0. The Bertz CT molecular complexity index is 1540. The van der Waals surface area contributed by atoms with Gasteiger partial charge in [0, 0.05) is 59.5 Å². The van der Waals surface area contributed by atoms with Gasteiger partial charge < -0.3 is 80.5 Å². The van der Waals surface area contributed by atoms with E-state index in [9.17, 15) is 0 Å². The molecule has 17 heteroatoms. The van der Waals surface area contributed by atoms with Gasteiger partial charge in [0.1, 0.15) is 67.0 Å². The van der Waals surface area contributed by atoms with E-state index in [1.165, 1.54) is 0 Å². The summed E-state index contributed by atoms with van der Waals surface area (Å²) in [5, 5.41) is 0. The molecule has 0 aromatic rings. The first kappa shape index (κ1) is 70.8. The Morgan fingerprint density at radius 2 is 0.875 bits per heavy atom. The molecule has 4 aliphatic rings. The molecule has 0 aromatic heterocycles. The quantitative estimate of drug-likeness (QED) is 0.0530.